The van der Waals surface area contributed by atoms with Gasteiger partial charge in [-0.25, -0.2) is 0 Å². The molecule has 1 atom stereocenters. The lowest BCUT2D eigenvalue weighted by atomic mass is 9.92. The molecule has 1 aliphatic rings. The van der Waals surface area contributed by atoms with E-state index in [0.29, 0.717) is 6.54 Å². The summed E-state index contributed by atoms with van der Waals surface area (Å²) in [7, 11) is 2.17. The molecule has 1 heterocycles. The number of nitrogens with two attached hydrogens (primary N) is 1. The first kappa shape index (κ1) is 14.5. The fourth-order valence-electron chi connectivity index (χ4n) is 2.23. The van der Waals surface area contributed by atoms with Crippen molar-refractivity contribution in [3.05, 3.63) is 0 Å². The van der Waals surface area contributed by atoms with Crippen LogP contribution in [0.2, 0.25) is 0 Å². The summed E-state index contributed by atoms with van der Waals surface area (Å²) in [4.78, 5) is 14.2. The van der Waals surface area contributed by atoms with Gasteiger partial charge in [-0.05, 0) is 52.6 Å². The highest BCUT2D eigenvalue weighted by atomic mass is 16.2. The Hall–Kier alpha value is -0.610. The minimum Gasteiger partial charge on any atom is -0.356 e. The fourth-order valence-corrected chi connectivity index (χ4v) is 2.23. The summed E-state index contributed by atoms with van der Waals surface area (Å²) < 4.78 is 0. The zero-order valence-electron chi connectivity index (χ0n) is 11.5. The van der Waals surface area contributed by atoms with E-state index in [0.717, 1.165) is 25.4 Å². The maximum Gasteiger partial charge on any atom is 0.226 e. The van der Waals surface area contributed by atoms with Crippen molar-refractivity contribution in [1.29, 1.82) is 0 Å². The first-order chi connectivity index (χ1) is 7.95. The first-order valence-corrected chi connectivity index (χ1v) is 6.62. The van der Waals surface area contributed by atoms with Crippen LogP contribution in [0.15, 0.2) is 0 Å². The third kappa shape index (κ3) is 4.64. The van der Waals surface area contributed by atoms with Crippen LogP contribution in [0, 0.1) is 11.3 Å². The molecule has 0 spiro atoms. The highest BCUT2D eigenvalue weighted by Gasteiger charge is 2.25. The van der Waals surface area contributed by atoms with Crippen molar-refractivity contribution in [2.45, 2.75) is 33.1 Å². The summed E-state index contributed by atoms with van der Waals surface area (Å²) in [5.74, 6) is 0.805. The Kier molecular flexibility index (Phi) is 5.40. The minimum absolute atomic E-state index is 0.0733. The Morgan fingerprint density at radius 1 is 1.53 bits per heavy atom. The summed E-state index contributed by atoms with van der Waals surface area (Å²) in [6, 6.07) is 0. The van der Waals surface area contributed by atoms with E-state index in [4.69, 9.17) is 5.73 Å². The average Bonchev–Trinajstić information content (AvgIpc) is 2.29. The van der Waals surface area contributed by atoms with Gasteiger partial charge in [-0.2, -0.15) is 0 Å². The van der Waals surface area contributed by atoms with Gasteiger partial charge in [0, 0.05) is 19.6 Å². The van der Waals surface area contributed by atoms with E-state index in [-0.39, 0.29) is 5.91 Å². The van der Waals surface area contributed by atoms with Crippen LogP contribution >= 0.6 is 0 Å². The molecule has 0 radical (unpaired) electrons. The molecule has 0 aromatic carbocycles. The number of amides is 1. The number of hydrogen-bond donors (Lipinski definition) is 2. The number of nitrogens with zero attached hydrogens (tertiary/aromatic N) is 1. The van der Waals surface area contributed by atoms with Gasteiger partial charge in [-0.15, -0.1) is 0 Å². The smallest absolute Gasteiger partial charge is 0.226 e. The second-order valence-corrected chi connectivity index (χ2v) is 5.90. The van der Waals surface area contributed by atoms with Crippen molar-refractivity contribution < 1.29 is 4.79 Å². The molecule has 3 N–H and O–H groups in total. The molecule has 0 aliphatic carbocycles. The molecule has 17 heavy (non-hydrogen) atoms. The van der Waals surface area contributed by atoms with Crippen LogP contribution in [-0.4, -0.2) is 44.0 Å². The van der Waals surface area contributed by atoms with Crippen LogP contribution in [0.5, 0.6) is 0 Å². The van der Waals surface area contributed by atoms with Crippen molar-refractivity contribution in [2.24, 2.45) is 17.1 Å². The maximum absolute atomic E-state index is 11.8. The molecular formula is C13H27N3O. The second kappa shape index (κ2) is 6.36. The average molecular weight is 241 g/mol. The number of carbonyl (C=O) groups is 1. The van der Waals surface area contributed by atoms with Gasteiger partial charge < -0.3 is 16.0 Å². The van der Waals surface area contributed by atoms with Gasteiger partial charge in [-0.1, -0.05) is 0 Å². The van der Waals surface area contributed by atoms with Gasteiger partial charge in [0.2, 0.25) is 5.91 Å². The highest BCUT2D eigenvalue weighted by molar-refractivity contribution is 5.81. The van der Waals surface area contributed by atoms with Gasteiger partial charge in [0.15, 0.2) is 0 Å². The van der Waals surface area contributed by atoms with Crippen LogP contribution in [0.25, 0.3) is 0 Å². The molecule has 100 valence electrons. The Morgan fingerprint density at radius 2 is 2.24 bits per heavy atom. The Labute approximate surface area is 105 Å². The van der Waals surface area contributed by atoms with Crippen molar-refractivity contribution in [3.63, 3.8) is 0 Å². The van der Waals surface area contributed by atoms with Crippen LogP contribution < -0.4 is 11.1 Å². The van der Waals surface area contributed by atoms with Gasteiger partial charge in [0.25, 0.3) is 0 Å². The molecule has 4 nitrogen and oxygen atoms in total. The van der Waals surface area contributed by atoms with Gasteiger partial charge in [0.1, 0.15) is 0 Å². The van der Waals surface area contributed by atoms with E-state index in [1.165, 1.54) is 19.4 Å². The van der Waals surface area contributed by atoms with Crippen molar-refractivity contribution in [1.82, 2.24) is 10.2 Å². The van der Waals surface area contributed by atoms with Crippen LogP contribution in [0.4, 0.5) is 0 Å². The molecule has 1 amide bonds. The molecule has 1 fully saturated rings. The van der Waals surface area contributed by atoms with E-state index >= 15 is 0 Å². The standard InChI is InChI=1S/C13H27N3O/c1-13(2,10-14)12(17)15-7-6-11-5-4-8-16(3)9-11/h11H,4-10,14H2,1-3H3,(H,15,17). The predicted molar refractivity (Wildman–Crippen MR) is 70.7 cm³/mol. The Balaban J connectivity index is 2.21. The maximum atomic E-state index is 11.8. The minimum atomic E-state index is -0.441. The monoisotopic (exact) mass is 241 g/mol. The molecule has 4 heteroatoms. The summed E-state index contributed by atoms with van der Waals surface area (Å²) in [6.07, 6.45) is 3.65. The summed E-state index contributed by atoms with van der Waals surface area (Å²) in [5.41, 5.74) is 5.13. The normalized spacial score (nSPS) is 22.5. The second-order valence-electron chi connectivity index (χ2n) is 5.90. The largest absolute Gasteiger partial charge is 0.356 e. The van der Waals surface area contributed by atoms with Crippen LogP contribution in [-0.2, 0) is 4.79 Å². The summed E-state index contributed by atoms with van der Waals surface area (Å²) in [5, 5.41) is 3.00. The SMILES string of the molecule is CN1CCCC(CCNC(=O)C(C)(C)CN)C1. The molecular weight excluding hydrogens is 214 g/mol. The van der Waals surface area contributed by atoms with E-state index in [1.54, 1.807) is 0 Å². The van der Waals surface area contributed by atoms with E-state index in [1.807, 2.05) is 13.8 Å². The zero-order valence-corrected chi connectivity index (χ0v) is 11.5. The molecule has 1 unspecified atom stereocenters. The first-order valence-electron chi connectivity index (χ1n) is 6.62. The Bertz CT molecular complexity index is 253. The molecule has 0 bridgehead atoms. The molecule has 1 rings (SSSR count). The quantitative estimate of drug-likeness (QED) is 0.749. The summed E-state index contributed by atoms with van der Waals surface area (Å²) >= 11 is 0. The third-order valence-corrected chi connectivity index (χ3v) is 3.69. The molecule has 1 aliphatic heterocycles. The number of piperidine rings is 1. The predicted octanol–water partition coefficient (Wildman–Crippen LogP) is 0.819. The lowest BCUT2D eigenvalue weighted by molar-refractivity contribution is -0.128. The topological polar surface area (TPSA) is 58.4 Å². The number of rotatable bonds is 5. The number of likely N-dealkylation sites (tertiary alicyclic amines) is 1. The van der Waals surface area contributed by atoms with Crippen molar-refractivity contribution >= 4 is 5.91 Å². The lowest BCUT2D eigenvalue weighted by Gasteiger charge is -2.30. The molecule has 0 aromatic rings. The van der Waals surface area contributed by atoms with Gasteiger partial charge in [-0.3, -0.25) is 4.79 Å². The number of hydrogen-bond acceptors (Lipinski definition) is 3. The molecule has 0 saturated carbocycles. The summed E-state index contributed by atoms with van der Waals surface area (Å²) in [6.45, 7) is 7.32. The number of nitrogens with one attached hydrogen (secondary N) is 1. The third-order valence-electron chi connectivity index (χ3n) is 3.69. The van der Waals surface area contributed by atoms with Crippen LogP contribution in [0.1, 0.15) is 33.1 Å². The van der Waals surface area contributed by atoms with Crippen molar-refractivity contribution in [3.8, 4) is 0 Å². The zero-order chi connectivity index (χ0) is 12.9. The van der Waals surface area contributed by atoms with Crippen molar-refractivity contribution in [2.75, 3.05) is 33.2 Å². The fraction of sp³-hybridized carbons (Fsp3) is 0.923. The van der Waals surface area contributed by atoms with Crippen LogP contribution in [0.3, 0.4) is 0 Å². The van der Waals surface area contributed by atoms with Gasteiger partial charge in [0.05, 0.1) is 5.41 Å². The van der Waals surface area contributed by atoms with E-state index in [9.17, 15) is 4.79 Å². The van der Waals surface area contributed by atoms with E-state index < -0.39 is 5.41 Å². The molecule has 0 aromatic heterocycles. The Morgan fingerprint density at radius 3 is 2.82 bits per heavy atom. The lowest BCUT2D eigenvalue weighted by Crippen LogP contribution is -2.43. The molecule has 1 saturated heterocycles. The number of carbonyl (C=O) groups excluding carboxylic acids is 1. The van der Waals surface area contributed by atoms with E-state index in [2.05, 4.69) is 17.3 Å². The highest BCUT2D eigenvalue weighted by Crippen LogP contribution is 2.18. The van der Waals surface area contributed by atoms with Gasteiger partial charge >= 0.3 is 0 Å².